The highest BCUT2D eigenvalue weighted by Gasteiger charge is 2.29. The van der Waals surface area contributed by atoms with E-state index in [2.05, 4.69) is 10.3 Å². The van der Waals surface area contributed by atoms with Crippen LogP contribution in [0.5, 0.6) is 5.75 Å². The molecule has 6 nitrogen and oxygen atoms in total. The first-order valence-electron chi connectivity index (χ1n) is 9.42. The van der Waals surface area contributed by atoms with Crippen molar-refractivity contribution in [2.24, 2.45) is 5.92 Å². The number of aromatic amines is 1. The third-order valence-electron chi connectivity index (χ3n) is 5.58. The Labute approximate surface area is 161 Å². The fourth-order valence-corrected chi connectivity index (χ4v) is 4.03. The van der Waals surface area contributed by atoms with Gasteiger partial charge in [-0.25, -0.2) is 9.18 Å². The molecular weight excluding hydrogens is 361 g/mol. The molecule has 0 unspecified atom stereocenters. The fraction of sp³-hybridized carbons (Fsp3) is 0.333. The molecule has 4 rings (SSSR count). The summed E-state index contributed by atoms with van der Waals surface area (Å²) in [4.78, 5) is 27.7. The van der Waals surface area contributed by atoms with Gasteiger partial charge in [0.1, 0.15) is 11.6 Å². The molecule has 1 aromatic heterocycles. The minimum absolute atomic E-state index is 0.0528. The van der Waals surface area contributed by atoms with Crippen LogP contribution in [0.4, 0.5) is 10.1 Å². The number of aryl methyl sites for hydroxylation is 1. The number of fused-ring (bicyclic) bond motifs is 1. The number of halogens is 1. The van der Waals surface area contributed by atoms with Gasteiger partial charge >= 0.3 is 5.69 Å². The van der Waals surface area contributed by atoms with Gasteiger partial charge in [0.15, 0.2) is 0 Å². The van der Waals surface area contributed by atoms with Crippen molar-refractivity contribution in [1.82, 2.24) is 9.55 Å². The molecule has 1 fully saturated rings. The van der Waals surface area contributed by atoms with Gasteiger partial charge in [0, 0.05) is 17.6 Å². The van der Waals surface area contributed by atoms with Crippen LogP contribution in [0.1, 0.15) is 37.3 Å². The average molecular weight is 383 g/mol. The van der Waals surface area contributed by atoms with E-state index in [9.17, 15) is 19.1 Å². The van der Waals surface area contributed by atoms with E-state index < -0.39 is 0 Å². The van der Waals surface area contributed by atoms with Gasteiger partial charge in [-0.15, -0.1) is 0 Å². The maximum atomic E-state index is 13.6. The Morgan fingerprint density at radius 2 is 1.93 bits per heavy atom. The number of nitrogens with zero attached hydrogens (tertiary/aromatic N) is 1. The van der Waals surface area contributed by atoms with Crippen molar-refractivity contribution in [1.29, 1.82) is 0 Å². The first-order chi connectivity index (χ1) is 13.4. The van der Waals surface area contributed by atoms with Crippen molar-refractivity contribution in [2.45, 2.75) is 38.6 Å². The van der Waals surface area contributed by atoms with E-state index in [0.29, 0.717) is 48.0 Å². The van der Waals surface area contributed by atoms with Crippen LogP contribution in [0.2, 0.25) is 0 Å². The molecule has 1 aliphatic rings. The van der Waals surface area contributed by atoms with Crippen LogP contribution in [0.15, 0.2) is 41.2 Å². The number of carbonyl (C=O) groups is 1. The van der Waals surface area contributed by atoms with Crippen LogP contribution in [0.25, 0.3) is 11.0 Å². The summed E-state index contributed by atoms with van der Waals surface area (Å²) in [5, 5.41) is 12.5. The molecule has 7 heteroatoms. The highest BCUT2D eigenvalue weighted by Crippen LogP contribution is 2.34. The number of anilines is 1. The summed E-state index contributed by atoms with van der Waals surface area (Å²) >= 11 is 0. The molecule has 3 N–H and O–H groups in total. The zero-order chi connectivity index (χ0) is 19.8. The fourth-order valence-electron chi connectivity index (χ4n) is 4.03. The third kappa shape index (κ3) is 3.40. The van der Waals surface area contributed by atoms with Gasteiger partial charge in [-0.3, -0.25) is 9.36 Å². The Kier molecular flexibility index (Phi) is 4.66. The molecule has 0 atom stereocenters. The van der Waals surface area contributed by atoms with Crippen molar-refractivity contribution >= 4 is 22.6 Å². The van der Waals surface area contributed by atoms with Crippen molar-refractivity contribution in [3.05, 3.63) is 58.3 Å². The largest absolute Gasteiger partial charge is 0.508 e. The van der Waals surface area contributed by atoms with Crippen LogP contribution in [-0.2, 0) is 4.79 Å². The predicted octanol–water partition coefficient (Wildman–Crippen LogP) is 3.85. The van der Waals surface area contributed by atoms with Crippen LogP contribution >= 0.6 is 0 Å². The molecule has 0 saturated heterocycles. The van der Waals surface area contributed by atoms with E-state index in [0.717, 1.165) is 0 Å². The van der Waals surface area contributed by atoms with Gasteiger partial charge in [-0.2, -0.15) is 0 Å². The zero-order valence-corrected chi connectivity index (χ0v) is 15.5. The second kappa shape index (κ2) is 7.14. The molecule has 1 saturated carbocycles. The summed E-state index contributed by atoms with van der Waals surface area (Å²) < 4.78 is 15.2. The second-order valence-electron chi connectivity index (χ2n) is 7.46. The van der Waals surface area contributed by atoms with Crippen molar-refractivity contribution < 1.29 is 14.3 Å². The highest BCUT2D eigenvalue weighted by molar-refractivity contribution is 5.92. The Morgan fingerprint density at radius 3 is 2.64 bits per heavy atom. The van der Waals surface area contributed by atoms with Gasteiger partial charge in [0.2, 0.25) is 5.91 Å². The van der Waals surface area contributed by atoms with E-state index in [1.807, 2.05) is 0 Å². The molecule has 1 heterocycles. The molecule has 146 valence electrons. The topological polar surface area (TPSA) is 87.1 Å². The number of phenols is 1. The molecule has 0 aliphatic heterocycles. The molecular formula is C21H22FN3O3. The minimum Gasteiger partial charge on any atom is -0.508 e. The van der Waals surface area contributed by atoms with Crippen molar-refractivity contribution in [3.63, 3.8) is 0 Å². The molecule has 1 aliphatic carbocycles. The molecule has 1 amide bonds. The Balaban J connectivity index is 1.45. The van der Waals surface area contributed by atoms with Gasteiger partial charge in [-0.05, 0) is 74.6 Å². The summed E-state index contributed by atoms with van der Waals surface area (Å²) in [5.41, 5.74) is 2.30. The van der Waals surface area contributed by atoms with Gasteiger partial charge in [0.05, 0.1) is 11.0 Å². The first kappa shape index (κ1) is 18.3. The number of H-pyrrole nitrogens is 1. The average Bonchev–Trinajstić information content (AvgIpc) is 3.00. The Hall–Kier alpha value is -3.09. The summed E-state index contributed by atoms with van der Waals surface area (Å²) in [5.74, 6) is -0.375. The molecule has 0 spiro atoms. The lowest BCUT2D eigenvalue weighted by molar-refractivity contribution is -0.121. The monoisotopic (exact) mass is 383 g/mol. The SMILES string of the molecule is Cc1cc(NC(=O)[C@H]2CC[C@@H](n3c(=O)[nH]c4ccc(F)cc43)CC2)ccc1O. The lowest BCUT2D eigenvalue weighted by Crippen LogP contribution is -2.31. The first-order valence-corrected chi connectivity index (χ1v) is 9.42. The lowest BCUT2D eigenvalue weighted by Gasteiger charge is -2.28. The number of carbonyl (C=O) groups excluding carboxylic acids is 1. The molecule has 2 aromatic carbocycles. The molecule has 0 radical (unpaired) electrons. The van der Waals surface area contributed by atoms with E-state index in [4.69, 9.17) is 0 Å². The Morgan fingerprint density at radius 1 is 1.18 bits per heavy atom. The number of rotatable bonds is 3. The van der Waals surface area contributed by atoms with Gasteiger partial charge < -0.3 is 15.4 Å². The summed E-state index contributed by atoms with van der Waals surface area (Å²) in [7, 11) is 0. The summed E-state index contributed by atoms with van der Waals surface area (Å²) in [6.07, 6.45) is 2.66. The van der Waals surface area contributed by atoms with Crippen LogP contribution in [0, 0.1) is 18.7 Å². The van der Waals surface area contributed by atoms with Gasteiger partial charge in [-0.1, -0.05) is 0 Å². The van der Waals surface area contributed by atoms with Crippen molar-refractivity contribution in [3.8, 4) is 5.75 Å². The normalized spacial score (nSPS) is 19.6. The number of amides is 1. The highest BCUT2D eigenvalue weighted by atomic mass is 19.1. The maximum absolute atomic E-state index is 13.6. The number of benzene rings is 2. The molecule has 3 aromatic rings. The standard InChI is InChI=1S/C21H22FN3O3/c1-12-10-15(5-9-19(12)26)23-20(27)13-2-6-16(7-3-13)25-18-11-14(22)4-8-17(18)24-21(25)28/h4-5,8-11,13,16,26H,2-3,6-7H2,1H3,(H,23,27)(H,24,28)/t13-,16+. The third-order valence-corrected chi connectivity index (χ3v) is 5.58. The number of hydrogen-bond donors (Lipinski definition) is 3. The second-order valence-corrected chi connectivity index (χ2v) is 7.46. The molecule has 0 bridgehead atoms. The Bertz CT molecular complexity index is 1090. The van der Waals surface area contributed by atoms with E-state index in [-0.39, 0.29) is 35.1 Å². The minimum atomic E-state index is -0.377. The predicted molar refractivity (Wildman–Crippen MR) is 105 cm³/mol. The molecule has 28 heavy (non-hydrogen) atoms. The maximum Gasteiger partial charge on any atom is 0.326 e. The number of phenolic OH excluding ortho intramolecular Hbond substituents is 1. The number of aromatic hydroxyl groups is 1. The summed E-state index contributed by atoms with van der Waals surface area (Å²) in [6.45, 7) is 1.78. The lowest BCUT2D eigenvalue weighted by atomic mass is 9.85. The van der Waals surface area contributed by atoms with Crippen LogP contribution in [0.3, 0.4) is 0 Å². The van der Waals surface area contributed by atoms with Crippen LogP contribution in [-0.4, -0.2) is 20.6 Å². The summed E-state index contributed by atoms with van der Waals surface area (Å²) in [6, 6.07) is 9.19. The van der Waals surface area contributed by atoms with Crippen LogP contribution < -0.4 is 11.0 Å². The smallest absolute Gasteiger partial charge is 0.326 e. The number of imidazole rings is 1. The van der Waals surface area contributed by atoms with E-state index in [1.54, 1.807) is 35.8 Å². The van der Waals surface area contributed by atoms with Gasteiger partial charge in [0.25, 0.3) is 0 Å². The van der Waals surface area contributed by atoms with Crippen molar-refractivity contribution in [2.75, 3.05) is 5.32 Å². The quantitative estimate of drug-likeness (QED) is 0.600. The number of nitrogens with one attached hydrogen (secondary N) is 2. The zero-order valence-electron chi connectivity index (χ0n) is 15.5. The number of aromatic nitrogens is 2. The van der Waals surface area contributed by atoms with E-state index in [1.165, 1.54) is 12.1 Å². The van der Waals surface area contributed by atoms with E-state index >= 15 is 0 Å². The number of hydrogen-bond acceptors (Lipinski definition) is 3.